The lowest BCUT2D eigenvalue weighted by Gasteiger charge is -2.18. The predicted octanol–water partition coefficient (Wildman–Crippen LogP) is 2.16. The lowest BCUT2D eigenvalue weighted by Crippen LogP contribution is -2.43. The fraction of sp³-hybridized carbons (Fsp3) is 0.737. The molecule has 0 aromatic carbocycles. The number of amides is 2. The molecule has 7 heteroatoms. The van der Waals surface area contributed by atoms with Crippen molar-refractivity contribution in [2.75, 3.05) is 26.2 Å². The molecule has 2 fully saturated rings. The Balaban J connectivity index is 0.00000243. The van der Waals surface area contributed by atoms with Gasteiger partial charge in [-0.05, 0) is 31.6 Å². The first-order valence-electron chi connectivity index (χ1n) is 9.73. The molecular formula is C19H31IN4O2. The first-order chi connectivity index (χ1) is 12.2. The maximum atomic E-state index is 12.6. The minimum atomic E-state index is -0.0987. The second-order valence-electron chi connectivity index (χ2n) is 7.22. The number of nitrogens with one attached hydrogen (secondary N) is 2. The molecule has 3 aliphatic rings. The summed E-state index contributed by atoms with van der Waals surface area (Å²) in [6.45, 7) is 6.75. The number of carbonyl (C=O) groups is 2. The molecule has 4 unspecified atom stereocenters. The summed E-state index contributed by atoms with van der Waals surface area (Å²) in [6.07, 6.45) is 8.68. The van der Waals surface area contributed by atoms with Crippen LogP contribution >= 0.6 is 24.0 Å². The number of fused-ring (bicyclic) bond motifs is 5. The smallest absolute Gasteiger partial charge is 0.233 e. The highest BCUT2D eigenvalue weighted by atomic mass is 127. The number of halogens is 1. The van der Waals surface area contributed by atoms with Crippen molar-refractivity contribution in [2.24, 2.45) is 28.7 Å². The van der Waals surface area contributed by atoms with Gasteiger partial charge in [0, 0.05) is 26.2 Å². The maximum Gasteiger partial charge on any atom is 0.233 e. The monoisotopic (exact) mass is 474 g/mol. The molecule has 0 aromatic heterocycles. The van der Waals surface area contributed by atoms with Gasteiger partial charge in [-0.25, -0.2) is 0 Å². The van der Waals surface area contributed by atoms with Crippen molar-refractivity contribution in [2.45, 2.75) is 39.5 Å². The molecule has 1 saturated heterocycles. The van der Waals surface area contributed by atoms with Crippen LogP contribution in [0, 0.1) is 23.7 Å². The number of aliphatic imine (C=N–C) groups is 1. The Kier molecular flexibility index (Phi) is 7.91. The molecular weight excluding hydrogens is 443 g/mol. The number of allylic oxidation sites excluding steroid dienone is 2. The number of unbranched alkanes of at least 4 members (excludes halogenated alkanes) is 2. The minimum absolute atomic E-state index is 0. The fourth-order valence-electron chi connectivity index (χ4n) is 4.36. The number of hydrogen-bond acceptors (Lipinski definition) is 3. The highest BCUT2D eigenvalue weighted by Crippen LogP contribution is 2.52. The highest BCUT2D eigenvalue weighted by Gasteiger charge is 2.58. The second kappa shape index (κ2) is 9.71. The Morgan fingerprint density at radius 3 is 2.35 bits per heavy atom. The summed E-state index contributed by atoms with van der Waals surface area (Å²) in [6, 6.07) is 0. The molecule has 26 heavy (non-hydrogen) atoms. The Hall–Kier alpha value is -1.12. The molecule has 2 aliphatic carbocycles. The van der Waals surface area contributed by atoms with Crippen LogP contribution in [0.15, 0.2) is 17.1 Å². The van der Waals surface area contributed by atoms with Crippen LogP contribution in [0.2, 0.25) is 0 Å². The molecule has 3 rings (SSSR count). The Morgan fingerprint density at radius 2 is 1.77 bits per heavy atom. The van der Waals surface area contributed by atoms with E-state index >= 15 is 0 Å². The number of imide groups is 1. The van der Waals surface area contributed by atoms with Gasteiger partial charge in [-0.3, -0.25) is 19.5 Å². The average Bonchev–Trinajstić information content (AvgIpc) is 3.28. The van der Waals surface area contributed by atoms with Crippen LogP contribution in [-0.4, -0.2) is 48.9 Å². The normalized spacial score (nSPS) is 29.2. The van der Waals surface area contributed by atoms with Crippen LogP contribution in [0.1, 0.15) is 39.5 Å². The number of likely N-dealkylation sites (tertiary alicyclic amines) is 1. The molecule has 2 N–H and O–H groups in total. The Bertz CT molecular complexity index is 548. The van der Waals surface area contributed by atoms with Gasteiger partial charge < -0.3 is 10.6 Å². The number of hydrogen-bond donors (Lipinski definition) is 2. The van der Waals surface area contributed by atoms with Crippen molar-refractivity contribution in [3.63, 3.8) is 0 Å². The molecule has 1 aliphatic heterocycles. The van der Waals surface area contributed by atoms with E-state index in [0.717, 1.165) is 31.9 Å². The van der Waals surface area contributed by atoms with E-state index in [1.54, 1.807) is 0 Å². The number of nitrogens with zero attached hydrogens (tertiary/aromatic N) is 2. The van der Waals surface area contributed by atoms with E-state index in [4.69, 9.17) is 0 Å². The number of guanidine groups is 1. The van der Waals surface area contributed by atoms with Gasteiger partial charge in [0.05, 0.1) is 11.8 Å². The molecule has 146 valence electrons. The van der Waals surface area contributed by atoms with Crippen LogP contribution in [0.5, 0.6) is 0 Å². The van der Waals surface area contributed by atoms with Crippen molar-refractivity contribution in [1.82, 2.24) is 15.5 Å². The molecule has 0 radical (unpaired) electrons. The van der Waals surface area contributed by atoms with Gasteiger partial charge in [0.15, 0.2) is 5.96 Å². The molecule has 0 aromatic rings. The molecule has 1 saturated carbocycles. The molecule has 4 atom stereocenters. The standard InChI is InChI=1S/C19H30N4O2.HI/c1-3-5-6-9-21-19(20-4-2)22-10-11-23-17(24)15-13-7-8-14(12-13)16(15)18(23)25;/h7-8,13-16H,3-6,9-12H2,1-2H3,(H2,20,21,22);1H. The van der Waals surface area contributed by atoms with Crippen molar-refractivity contribution in [1.29, 1.82) is 0 Å². The quantitative estimate of drug-likeness (QED) is 0.141. The largest absolute Gasteiger partial charge is 0.357 e. The van der Waals surface area contributed by atoms with E-state index in [-0.39, 0.29) is 59.5 Å². The van der Waals surface area contributed by atoms with Crippen molar-refractivity contribution in [3.05, 3.63) is 12.2 Å². The van der Waals surface area contributed by atoms with Gasteiger partial charge in [0.25, 0.3) is 0 Å². The van der Waals surface area contributed by atoms with E-state index in [0.29, 0.717) is 13.1 Å². The van der Waals surface area contributed by atoms with Crippen LogP contribution in [0.25, 0.3) is 0 Å². The maximum absolute atomic E-state index is 12.6. The zero-order valence-electron chi connectivity index (χ0n) is 15.7. The van der Waals surface area contributed by atoms with E-state index in [9.17, 15) is 9.59 Å². The van der Waals surface area contributed by atoms with E-state index < -0.39 is 0 Å². The van der Waals surface area contributed by atoms with Crippen LogP contribution in [-0.2, 0) is 9.59 Å². The predicted molar refractivity (Wildman–Crippen MR) is 113 cm³/mol. The zero-order chi connectivity index (χ0) is 17.8. The lowest BCUT2D eigenvalue weighted by atomic mass is 9.85. The summed E-state index contributed by atoms with van der Waals surface area (Å²) in [7, 11) is 0. The third-order valence-electron chi connectivity index (χ3n) is 5.57. The second-order valence-corrected chi connectivity index (χ2v) is 7.22. The zero-order valence-corrected chi connectivity index (χ0v) is 18.1. The lowest BCUT2D eigenvalue weighted by molar-refractivity contribution is -0.140. The third kappa shape index (κ3) is 4.23. The van der Waals surface area contributed by atoms with E-state index in [2.05, 4.69) is 34.7 Å². The van der Waals surface area contributed by atoms with Gasteiger partial charge in [-0.2, -0.15) is 0 Å². The van der Waals surface area contributed by atoms with Crippen molar-refractivity contribution < 1.29 is 9.59 Å². The van der Waals surface area contributed by atoms with Gasteiger partial charge in [0.1, 0.15) is 0 Å². The van der Waals surface area contributed by atoms with Gasteiger partial charge in [-0.1, -0.05) is 31.9 Å². The van der Waals surface area contributed by atoms with Crippen molar-refractivity contribution >= 4 is 41.8 Å². The van der Waals surface area contributed by atoms with Crippen molar-refractivity contribution in [3.8, 4) is 0 Å². The molecule has 2 amide bonds. The van der Waals surface area contributed by atoms with Crippen LogP contribution in [0.4, 0.5) is 0 Å². The summed E-state index contributed by atoms with van der Waals surface area (Å²) in [4.78, 5) is 31.3. The summed E-state index contributed by atoms with van der Waals surface area (Å²) in [5.74, 6) is 1.18. The Morgan fingerprint density at radius 1 is 1.12 bits per heavy atom. The van der Waals surface area contributed by atoms with Gasteiger partial charge in [-0.15, -0.1) is 24.0 Å². The summed E-state index contributed by atoms with van der Waals surface area (Å²) in [5.41, 5.74) is 0. The number of rotatable bonds is 8. The van der Waals surface area contributed by atoms with Gasteiger partial charge >= 0.3 is 0 Å². The van der Waals surface area contributed by atoms with E-state index in [1.165, 1.54) is 17.7 Å². The summed E-state index contributed by atoms with van der Waals surface area (Å²) < 4.78 is 0. The first kappa shape index (κ1) is 21.2. The molecule has 1 heterocycles. The topological polar surface area (TPSA) is 73.8 Å². The summed E-state index contributed by atoms with van der Waals surface area (Å²) >= 11 is 0. The first-order valence-corrected chi connectivity index (χ1v) is 9.73. The van der Waals surface area contributed by atoms with Gasteiger partial charge in [0.2, 0.25) is 11.8 Å². The minimum Gasteiger partial charge on any atom is -0.357 e. The number of carbonyl (C=O) groups excluding carboxylic acids is 2. The van der Waals surface area contributed by atoms with Crippen LogP contribution in [0.3, 0.4) is 0 Å². The fourth-order valence-corrected chi connectivity index (χ4v) is 4.36. The SMILES string of the molecule is CCCCCN=C(NCC)NCCN1C(=O)C2C3C=CC(C3)C2C1=O.I. The highest BCUT2D eigenvalue weighted by molar-refractivity contribution is 14.0. The molecule has 6 nitrogen and oxygen atoms in total. The third-order valence-corrected chi connectivity index (χ3v) is 5.57. The van der Waals surface area contributed by atoms with Crippen LogP contribution < -0.4 is 10.6 Å². The molecule has 2 bridgehead atoms. The average molecular weight is 474 g/mol. The summed E-state index contributed by atoms with van der Waals surface area (Å²) in [5, 5.41) is 6.46. The Labute approximate surface area is 173 Å². The van der Waals surface area contributed by atoms with E-state index in [1.807, 2.05) is 6.92 Å². The molecule has 0 spiro atoms.